The number of rotatable bonds is 8. The predicted octanol–water partition coefficient (Wildman–Crippen LogP) is 2.10. The molecule has 8 heteroatoms. The van der Waals surface area contributed by atoms with Gasteiger partial charge in [0.2, 0.25) is 5.91 Å². The van der Waals surface area contributed by atoms with Crippen LogP contribution in [-0.2, 0) is 25.0 Å². The standard InChI is InChI=1S/C13H18ClNO4S2/c1-15(6-7-19-9-10-2-3-10)12(16)8-11-4-5-13(20-11)21(14,17)18/h4-5,10H,2-3,6-9H2,1H3. The van der Waals surface area contributed by atoms with Gasteiger partial charge in [0.25, 0.3) is 9.05 Å². The van der Waals surface area contributed by atoms with Crippen LogP contribution in [0.2, 0.25) is 0 Å². The Labute approximate surface area is 133 Å². The summed E-state index contributed by atoms with van der Waals surface area (Å²) >= 11 is 1.03. The van der Waals surface area contributed by atoms with Gasteiger partial charge in [0, 0.05) is 35.8 Å². The van der Waals surface area contributed by atoms with Gasteiger partial charge < -0.3 is 9.64 Å². The van der Waals surface area contributed by atoms with Gasteiger partial charge in [-0.15, -0.1) is 11.3 Å². The number of amides is 1. The van der Waals surface area contributed by atoms with E-state index in [2.05, 4.69) is 0 Å². The second-order valence-corrected chi connectivity index (χ2v) is 9.13. The van der Waals surface area contributed by atoms with E-state index in [1.165, 1.54) is 18.9 Å². The highest BCUT2D eigenvalue weighted by Crippen LogP contribution is 2.28. The normalized spacial score (nSPS) is 15.1. The topological polar surface area (TPSA) is 63.7 Å². The van der Waals surface area contributed by atoms with Gasteiger partial charge in [-0.3, -0.25) is 4.79 Å². The lowest BCUT2D eigenvalue weighted by Gasteiger charge is -2.16. The first-order valence-corrected chi connectivity index (χ1v) is 9.84. The smallest absolute Gasteiger partial charge is 0.270 e. The van der Waals surface area contributed by atoms with Crippen LogP contribution in [0.4, 0.5) is 0 Å². The Morgan fingerprint density at radius 2 is 2.19 bits per heavy atom. The van der Waals surface area contributed by atoms with E-state index < -0.39 is 9.05 Å². The highest BCUT2D eigenvalue weighted by atomic mass is 35.7. The lowest BCUT2D eigenvalue weighted by atomic mass is 10.3. The van der Waals surface area contributed by atoms with Gasteiger partial charge >= 0.3 is 0 Å². The zero-order valence-electron chi connectivity index (χ0n) is 11.7. The fourth-order valence-electron chi connectivity index (χ4n) is 1.73. The molecule has 1 aliphatic rings. The predicted molar refractivity (Wildman–Crippen MR) is 82.2 cm³/mol. The molecule has 1 saturated carbocycles. The third-order valence-corrected chi connectivity index (χ3v) is 6.43. The molecular weight excluding hydrogens is 334 g/mol. The number of thiophene rings is 1. The van der Waals surface area contributed by atoms with Crippen LogP contribution in [0.1, 0.15) is 17.7 Å². The van der Waals surface area contributed by atoms with E-state index in [1.807, 2.05) is 0 Å². The first kappa shape index (κ1) is 16.7. The minimum Gasteiger partial charge on any atom is -0.379 e. The summed E-state index contributed by atoms with van der Waals surface area (Å²) in [5.41, 5.74) is 0. The van der Waals surface area contributed by atoms with Crippen LogP contribution in [0.15, 0.2) is 16.3 Å². The van der Waals surface area contributed by atoms with Crippen molar-refractivity contribution in [2.45, 2.75) is 23.5 Å². The Hall–Kier alpha value is -0.630. The second kappa shape index (κ2) is 7.09. The maximum atomic E-state index is 12.0. The first-order chi connectivity index (χ1) is 9.86. The summed E-state index contributed by atoms with van der Waals surface area (Å²) in [7, 11) is 3.26. The van der Waals surface area contributed by atoms with Crippen LogP contribution >= 0.6 is 22.0 Å². The Bertz CT molecular complexity index is 595. The quantitative estimate of drug-likeness (QED) is 0.531. The van der Waals surface area contributed by atoms with Gasteiger partial charge in [0.15, 0.2) is 0 Å². The molecule has 0 radical (unpaired) electrons. The summed E-state index contributed by atoms with van der Waals surface area (Å²) < 4.78 is 27.9. The van der Waals surface area contributed by atoms with Gasteiger partial charge in [-0.2, -0.15) is 0 Å². The van der Waals surface area contributed by atoms with Crippen molar-refractivity contribution in [2.75, 3.05) is 26.8 Å². The number of carbonyl (C=O) groups excluding carboxylic acids is 1. The monoisotopic (exact) mass is 351 g/mol. The van der Waals surface area contributed by atoms with Crippen LogP contribution in [0.25, 0.3) is 0 Å². The van der Waals surface area contributed by atoms with Gasteiger partial charge in [-0.05, 0) is 30.9 Å². The molecule has 1 heterocycles. The highest BCUT2D eigenvalue weighted by Gasteiger charge is 2.21. The molecule has 21 heavy (non-hydrogen) atoms. The number of carbonyl (C=O) groups is 1. The third-order valence-electron chi connectivity index (χ3n) is 3.25. The van der Waals surface area contributed by atoms with Gasteiger partial charge in [0.1, 0.15) is 4.21 Å². The zero-order chi connectivity index (χ0) is 15.5. The summed E-state index contributed by atoms with van der Waals surface area (Å²) in [6.07, 6.45) is 2.67. The van der Waals surface area contributed by atoms with Crippen molar-refractivity contribution in [3.05, 3.63) is 17.0 Å². The van der Waals surface area contributed by atoms with Crippen molar-refractivity contribution in [1.82, 2.24) is 4.90 Å². The Kier molecular flexibility index (Phi) is 5.65. The zero-order valence-corrected chi connectivity index (χ0v) is 14.1. The molecule has 1 amide bonds. The van der Waals surface area contributed by atoms with Gasteiger partial charge in [0.05, 0.1) is 13.0 Å². The number of hydrogen-bond acceptors (Lipinski definition) is 5. The Morgan fingerprint density at radius 3 is 2.76 bits per heavy atom. The molecule has 0 aromatic carbocycles. The Morgan fingerprint density at radius 1 is 1.48 bits per heavy atom. The van der Waals surface area contributed by atoms with Gasteiger partial charge in [-0.25, -0.2) is 8.42 Å². The number of halogens is 1. The number of ether oxygens (including phenoxy) is 1. The summed E-state index contributed by atoms with van der Waals surface area (Å²) in [6.45, 7) is 1.85. The first-order valence-electron chi connectivity index (χ1n) is 6.71. The van der Waals surface area contributed by atoms with Crippen molar-refractivity contribution in [3.63, 3.8) is 0 Å². The SMILES string of the molecule is CN(CCOCC1CC1)C(=O)Cc1ccc(S(=O)(=O)Cl)s1. The average Bonchev–Trinajstić information content (AvgIpc) is 3.10. The molecule has 0 N–H and O–H groups in total. The maximum absolute atomic E-state index is 12.0. The van der Waals surface area contributed by atoms with Crippen molar-refractivity contribution in [3.8, 4) is 0 Å². The average molecular weight is 352 g/mol. The lowest BCUT2D eigenvalue weighted by Crippen LogP contribution is -2.31. The molecule has 0 atom stereocenters. The fraction of sp³-hybridized carbons (Fsp3) is 0.615. The molecule has 1 aliphatic carbocycles. The number of nitrogens with zero attached hydrogens (tertiary/aromatic N) is 1. The summed E-state index contributed by atoms with van der Waals surface area (Å²) in [5, 5.41) is 0. The van der Waals surface area contributed by atoms with E-state index in [1.54, 1.807) is 18.0 Å². The third kappa shape index (κ3) is 5.58. The molecule has 0 bridgehead atoms. The summed E-state index contributed by atoms with van der Waals surface area (Å²) in [6, 6.07) is 3.05. The van der Waals surface area contributed by atoms with E-state index in [-0.39, 0.29) is 16.5 Å². The Balaban J connectivity index is 1.75. The van der Waals surface area contributed by atoms with Crippen LogP contribution < -0.4 is 0 Å². The lowest BCUT2D eigenvalue weighted by molar-refractivity contribution is -0.129. The molecule has 1 aromatic heterocycles. The summed E-state index contributed by atoms with van der Waals surface area (Å²) in [4.78, 5) is 14.3. The second-order valence-electron chi connectivity index (χ2n) is 5.17. The maximum Gasteiger partial charge on any atom is 0.270 e. The van der Waals surface area contributed by atoms with Crippen LogP contribution in [0, 0.1) is 5.92 Å². The van der Waals surface area contributed by atoms with Crippen molar-refractivity contribution < 1.29 is 17.9 Å². The van der Waals surface area contributed by atoms with Crippen molar-refractivity contribution in [2.24, 2.45) is 5.92 Å². The summed E-state index contributed by atoms with van der Waals surface area (Å²) in [5.74, 6) is 0.651. The van der Waals surface area contributed by atoms with E-state index >= 15 is 0 Å². The largest absolute Gasteiger partial charge is 0.379 e. The van der Waals surface area contributed by atoms with E-state index in [0.717, 1.165) is 17.9 Å². The highest BCUT2D eigenvalue weighted by molar-refractivity contribution is 8.15. The molecule has 0 unspecified atom stereocenters. The molecule has 0 spiro atoms. The van der Waals surface area contributed by atoms with Crippen molar-refractivity contribution >= 4 is 37.0 Å². The van der Waals surface area contributed by atoms with Crippen LogP contribution in [-0.4, -0.2) is 46.0 Å². The van der Waals surface area contributed by atoms with Crippen LogP contribution in [0.3, 0.4) is 0 Å². The molecular formula is C13H18ClNO4S2. The molecule has 1 fully saturated rings. The van der Waals surface area contributed by atoms with E-state index in [4.69, 9.17) is 15.4 Å². The molecule has 2 rings (SSSR count). The fourth-order valence-corrected chi connectivity index (χ4v) is 3.84. The van der Waals surface area contributed by atoms with Gasteiger partial charge in [-0.1, -0.05) is 0 Å². The molecule has 5 nitrogen and oxygen atoms in total. The molecule has 0 aliphatic heterocycles. The van der Waals surface area contributed by atoms with Crippen LogP contribution in [0.5, 0.6) is 0 Å². The number of likely N-dealkylation sites (N-methyl/N-ethyl adjacent to an activating group) is 1. The minimum atomic E-state index is -3.71. The van der Waals surface area contributed by atoms with E-state index in [9.17, 15) is 13.2 Å². The molecule has 0 saturated heterocycles. The van der Waals surface area contributed by atoms with Crippen molar-refractivity contribution in [1.29, 1.82) is 0 Å². The molecule has 1 aromatic rings. The molecule has 118 valence electrons. The van der Waals surface area contributed by atoms with E-state index in [0.29, 0.717) is 23.9 Å². The minimum absolute atomic E-state index is 0.0645. The number of hydrogen-bond donors (Lipinski definition) is 0.